The van der Waals surface area contributed by atoms with Crippen molar-refractivity contribution in [2.75, 3.05) is 7.05 Å². The lowest BCUT2D eigenvalue weighted by atomic mass is 10.2. The van der Waals surface area contributed by atoms with E-state index in [4.69, 9.17) is 0 Å². The molecule has 0 bridgehead atoms. The summed E-state index contributed by atoms with van der Waals surface area (Å²) >= 11 is 1.61. The number of thiophene rings is 1. The maximum atomic E-state index is 11.1. The zero-order valence-corrected chi connectivity index (χ0v) is 7.47. The molecule has 2 rings (SSSR count). The summed E-state index contributed by atoms with van der Waals surface area (Å²) in [5, 5.41) is 7.51. The molecule has 1 aromatic rings. The van der Waals surface area contributed by atoms with Gasteiger partial charge in [0.15, 0.2) is 0 Å². The summed E-state index contributed by atoms with van der Waals surface area (Å²) in [6.45, 7) is 0. The first kappa shape index (κ1) is 7.49. The summed E-state index contributed by atoms with van der Waals surface area (Å²) in [5.74, 6) is 0.0680. The smallest absolute Gasteiger partial charge is 0.248 e. The van der Waals surface area contributed by atoms with Crippen molar-refractivity contribution < 1.29 is 4.79 Å². The number of hydrogen-bond donors (Lipinski definition) is 0. The van der Waals surface area contributed by atoms with Crippen LogP contribution in [0.25, 0.3) is 0 Å². The van der Waals surface area contributed by atoms with Crippen molar-refractivity contribution in [3.63, 3.8) is 0 Å². The van der Waals surface area contributed by atoms with Crippen LogP contribution in [-0.4, -0.2) is 23.7 Å². The summed E-state index contributed by atoms with van der Waals surface area (Å²) in [4.78, 5) is 12.2. The molecule has 4 heteroatoms. The topological polar surface area (TPSA) is 32.7 Å². The third-order valence-electron chi connectivity index (χ3n) is 1.76. The molecule has 0 aliphatic carbocycles. The number of hydrazone groups is 1. The van der Waals surface area contributed by atoms with E-state index in [1.807, 2.05) is 17.5 Å². The quantitative estimate of drug-likeness (QED) is 0.641. The van der Waals surface area contributed by atoms with Crippen molar-refractivity contribution >= 4 is 23.0 Å². The molecule has 2 heterocycles. The number of carbonyl (C=O) groups is 1. The standard InChI is InChI=1S/C8H8N2OS/c1-10-8(11)5-6(9-10)7-3-2-4-12-7/h2-4H,5H2,1H3. The van der Waals surface area contributed by atoms with Crippen molar-refractivity contribution in [3.8, 4) is 0 Å². The molecule has 0 aromatic carbocycles. The van der Waals surface area contributed by atoms with Crippen molar-refractivity contribution in [1.82, 2.24) is 5.01 Å². The Labute approximate surface area is 74.3 Å². The highest BCUT2D eigenvalue weighted by Crippen LogP contribution is 2.17. The summed E-state index contributed by atoms with van der Waals surface area (Å²) in [6, 6.07) is 3.95. The van der Waals surface area contributed by atoms with Gasteiger partial charge in [0.05, 0.1) is 17.0 Å². The Morgan fingerprint density at radius 2 is 2.50 bits per heavy atom. The Hall–Kier alpha value is -1.16. The SMILES string of the molecule is CN1N=C(c2cccs2)CC1=O. The molecule has 0 fully saturated rings. The Kier molecular flexibility index (Phi) is 1.69. The van der Waals surface area contributed by atoms with Gasteiger partial charge in [-0.3, -0.25) is 4.79 Å². The van der Waals surface area contributed by atoms with Crippen LogP contribution in [0, 0.1) is 0 Å². The van der Waals surface area contributed by atoms with Crippen LogP contribution in [-0.2, 0) is 4.79 Å². The van der Waals surface area contributed by atoms with E-state index in [2.05, 4.69) is 5.10 Å². The molecule has 12 heavy (non-hydrogen) atoms. The minimum absolute atomic E-state index is 0.0680. The highest BCUT2D eigenvalue weighted by Gasteiger charge is 2.21. The second-order valence-electron chi connectivity index (χ2n) is 2.62. The maximum absolute atomic E-state index is 11.1. The third-order valence-corrected chi connectivity index (χ3v) is 2.67. The van der Waals surface area contributed by atoms with Crippen LogP contribution in [0.5, 0.6) is 0 Å². The predicted octanol–water partition coefficient (Wildman–Crippen LogP) is 1.31. The van der Waals surface area contributed by atoms with Gasteiger partial charge in [0, 0.05) is 7.05 Å². The molecule has 0 unspecified atom stereocenters. The van der Waals surface area contributed by atoms with E-state index >= 15 is 0 Å². The average molecular weight is 180 g/mol. The molecule has 0 saturated heterocycles. The molecule has 62 valence electrons. The van der Waals surface area contributed by atoms with Gasteiger partial charge < -0.3 is 0 Å². The van der Waals surface area contributed by atoms with Crippen molar-refractivity contribution in [2.45, 2.75) is 6.42 Å². The Bertz CT molecular complexity index is 329. The largest absolute Gasteiger partial charge is 0.273 e. The van der Waals surface area contributed by atoms with Crippen LogP contribution in [0.4, 0.5) is 0 Å². The lowest BCUT2D eigenvalue weighted by molar-refractivity contribution is -0.127. The van der Waals surface area contributed by atoms with Crippen molar-refractivity contribution in [1.29, 1.82) is 0 Å². The first-order chi connectivity index (χ1) is 5.77. The lowest BCUT2D eigenvalue weighted by Crippen LogP contribution is -2.13. The highest BCUT2D eigenvalue weighted by atomic mass is 32.1. The van der Waals surface area contributed by atoms with E-state index < -0.39 is 0 Å². The molecule has 0 saturated carbocycles. The van der Waals surface area contributed by atoms with Gasteiger partial charge in [-0.25, -0.2) is 5.01 Å². The third kappa shape index (κ3) is 1.14. The van der Waals surface area contributed by atoms with Crippen molar-refractivity contribution in [2.24, 2.45) is 5.10 Å². The maximum Gasteiger partial charge on any atom is 0.248 e. The van der Waals surface area contributed by atoms with Gasteiger partial charge in [-0.05, 0) is 11.4 Å². The lowest BCUT2D eigenvalue weighted by Gasteiger charge is -1.98. The average Bonchev–Trinajstić information content (AvgIpc) is 2.61. The fraction of sp³-hybridized carbons (Fsp3) is 0.250. The van der Waals surface area contributed by atoms with Crippen LogP contribution in [0.2, 0.25) is 0 Å². The Morgan fingerprint density at radius 3 is 3.00 bits per heavy atom. The summed E-state index contributed by atoms with van der Waals surface area (Å²) in [6.07, 6.45) is 0.441. The van der Waals surface area contributed by atoms with Crippen molar-refractivity contribution in [3.05, 3.63) is 22.4 Å². The van der Waals surface area contributed by atoms with E-state index in [1.165, 1.54) is 5.01 Å². The minimum Gasteiger partial charge on any atom is -0.273 e. The molecule has 0 spiro atoms. The first-order valence-corrected chi connectivity index (χ1v) is 4.53. The number of carbonyl (C=O) groups excluding carboxylic acids is 1. The van der Waals surface area contributed by atoms with Gasteiger partial charge in [0.1, 0.15) is 0 Å². The van der Waals surface area contributed by atoms with Gasteiger partial charge >= 0.3 is 0 Å². The number of hydrogen-bond acceptors (Lipinski definition) is 3. The Balaban J connectivity index is 2.28. The molecule has 0 radical (unpaired) electrons. The number of nitrogens with zero attached hydrogens (tertiary/aromatic N) is 2. The van der Waals surface area contributed by atoms with Crippen LogP contribution in [0.1, 0.15) is 11.3 Å². The molecule has 1 aromatic heterocycles. The fourth-order valence-electron chi connectivity index (χ4n) is 1.11. The summed E-state index contributed by atoms with van der Waals surface area (Å²) in [5.41, 5.74) is 0.887. The van der Waals surface area contributed by atoms with E-state index in [9.17, 15) is 4.79 Å². The van der Waals surface area contributed by atoms with Gasteiger partial charge in [0.25, 0.3) is 0 Å². The molecule has 3 nitrogen and oxygen atoms in total. The van der Waals surface area contributed by atoms with E-state index in [0.29, 0.717) is 6.42 Å². The molecule has 1 amide bonds. The first-order valence-electron chi connectivity index (χ1n) is 3.65. The van der Waals surface area contributed by atoms with E-state index in [1.54, 1.807) is 18.4 Å². The van der Waals surface area contributed by atoms with Crippen LogP contribution >= 0.6 is 11.3 Å². The Morgan fingerprint density at radius 1 is 1.67 bits per heavy atom. The van der Waals surface area contributed by atoms with E-state index in [0.717, 1.165) is 10.6 Å². The predicted molar refractivity (Wildman–Crippen MR) is 48.2 cm³/mol. The number of amides is 1. The zero-order chi connectivity index (χ0) is 8.55. The van der Waals surface area contributed by atoms with Gasteiger partial charge in [-0.15, -0.1) is 11.3 Å². The summed E-state index contributed by atoms with van der Waals surface area (Å²) < 4.78 is 0. The van der Waals surface area contributed by atoms with E-state index in [-0.39, 0.29) is 5.91 Å². The van der Waals surface area contributed by atoms with Crippen LogP contribution < -0.4 is 0 Å². The zero-order valence-electron chi connectivity index (χ0n) is 6.65. The molecular formula is C8H8N2OS. The summed E-state index contributed by atoms with van der Waals surface area (Å²) in [7, 11) is 1.68. The minimum atomic E-state index is 0.0680. The highest BCUT2D eigenvalue weighted by molar-refractivity contribution is 7.12. The van der Waals surface area contributed by atoms with Gasteiger partial charge in [-0.1, -0.05) is 6.07 Å². The fourth-order valence-corrected chi connectivity index (χ4v) is 1.82. The molecule has 1 aliphatic heterocycles. The van der Waals surface area contributed by atoms with Crippen LogP contribution in [0.15, 0.2) is 22.6 Å². The normalized spacial score (nSPS) is 16.9. The van der Waals surface area contributed by atoms with Gasteiger partial charge in [0.2, 0.25) is 5.91 Å². The second-order valence-corrected chi connectivity index (χ2v) is 3.57. The monoisotopic (exact) mass is 180 g/mol. The van der Waals surface area contributed by atoms with Gasteiger partial charge in [-0.2, -0.15) is 5.10 Å². The molecule has 0 atom stereocenters. The molecule has 0 N–H and O–H groups in total. The molecular weight excluding hydrogens is 172 g/mol. The molecule has 1 aliphatic rings. The number of rotatable bonds is 1. The van der Waals surface area contributed by atoms with Crippen LogP contribution in [0.3, 0.4) is 0 Å². The second kappa shape index (κ2) is 2.71.